The molecule has 4 heteroatoms. The van der Waals surface area contributed by atoms with Gasteiger partial charge in [0, 0.05) is 9.70 Å². The Hall–Kier alpha value is -0.705. The molecule has 0 aliphatic carbocycles. The van der Waals surface area contributed by atoms with E-state index in [9.17, 15) is 0 Å². The van der Waals surface area contributed by atoms with E-state index in [0.29, 0.717) is 4.80 Å². The third kappa shape index (κ3) is 1.80. The van der Waals surface area contributed by atoms with Crippen LogP contribution in [-0.4, -0.2) is 17.2 Å². The molecule has 2 nitrogen and oxygen atoms in total. The Labute approximate surface area is 81.4 Å². The fraction of sp³-hybridized carbons (Fsp3) is 0.111. The quantitative estimate of drug-likeness (QED) is 0.657. The van der Waals surface area contributed by atoms with Crippen LogP contribution in [0.15, 0.2) is 40.0 Å². The monoisotopic (exact) mass is 192 g/mol. The van der Waals surface area contributed by atoms with E-state index >= 15 is 0 Å². The predicted octanol–water partition coefficient (Wildman–Crippen LogP) is 1.23. The first kappa shape index (κ1) is 8.87. The lowest BCUT2D eigenvalue weighted by Crippen LogP contribution is -2.15. The molecule has 0 atom stereocenters. The van der Waals surface area contributed by atoms with Gasteiger partial charge in [0.25, 0.3) is 0 Å². The SMILES string of the molecule is OB(O)C1=CCc2ccccc2S1. The highest BCUT2D eigenvalue weighted by atomic mass is 32.2. The van der Waals surface area contributed by atoms with Crippen molar-refractivity contribution in [3.63, 3.8) is 0 Å². The minimum absolute atomic E-state index is 0.624. The van der Waals surface area contributed by atoms with Crippen LogP contribution in [0.1, 0.15) is 5.56 Å². The van der Waals surface area contributed by atoms with Crippen molar-refractivity contribution in [3.05, 3.63) is 40.7 Å². The Bertz CT molecular complexity index is 349. The first-order valence-electron chi connectivity index (χ1n) is 4.09. The number of rotatable bonds is 1. The fourth-order valence-corrected chi connectivity index (χ4v) is 2.26. The number of thioether (sulfide) groups is 1. The maximum absolute atomic E-state index is 8.97. The van der Waals surface area contributed by atoms with Crippen LogP contribution in [0.25, 0.3) is 0 Å². The number of hydrogen-bond donors (Lipinski definition) is 2. The lowest BCUT2D eigenvalue weighted by Gasteiger charge is -2.15. The minimum Gasteiger partial charge on any atom is -0.423 e. The van der Waals surface area contributed by atoms with Gasteiger partial charge in [-0.05, 0) is 18.1 Å². The van der Waals surface area contributed by atoms with Crippen molar-refractivity contribution >= 4 is 18.9 Å². The summed E-state index contributed by atoms with van der Waals surface area (Å²) in [7, 11) is -1.33. The molecule has 0 saturated carbocycles. The molecule has 0 aromatic heterocycles. The van der Waals surface area contributed by atoms with Gasteiger partial charge in [-0.1, -0.05) is 36.0 Å². The lowest BCUT2D eigenvalue weighted by atomic mass is 9.89. The average Bonchev–Trinajstić information content (AvgIpc) is 2.17. The second kappa shape index (κ2) is 3.58. The van der Waals surface area contributed by atoms with E-state index in [1.807, 2.05) is 24.3 Å². The van der Waals surface area contributed by atoms with Crippen molar-refractivity contribution in [1.82, 2.24) is 0 Å². The van der Waals surface area contributed by atoms with Gasteiger partial charge in [-0.3, -0.25) is 0 Å². The molecule has 1 aliphatic rings. The summed E-state index contributed by atoms with van der Waals surface area (Å²) >= 11 is 1.43. The van der Waals surface area contributed by atoms with Crippen molar-refractivity contribution in [1.29, 1.82) is 0 Å². The van der Waals surface area contributed by atoms with E-state index in [1.165, 1.54) is 17.3 Å². The molecule has 2 N–H and O–H groups in total. The molecule has 0 amide bonds. The highest BCUT2D eigenvalue weighted by Gasteiger charge is 2.20. The van der Waals surface area contributed by atoms with Crippen molar-refractivity contribution in [2.75, 3.05) is 0 Å². The molecule has 66 valence electrons. The summed E-state index contributed by atoms with van der Waals surface area (Å²) in [5, 5.41) is 17.9. The minimum atomic E-state index is -1.33. The predicted molar refractivity (Wildman–Crippen MR) is 54.3 cm³/mol. The Morgan fingerprint density at radius 3 is 2.77 bits per heavy atom. The molecule has 2 rings (SSSR count). The van der Waals surface area contributed by atoms with Crippen LogP contribution in [0.5, 0.6) is 0 Å². The number of hydrogen-bond acceptors (Lipinski definition) is 3. The summed E-state index contributed by atoms with van der Waals surface area (Å²) in [6.07, 6.45) is 2.65. The largest absolute Gasteiger partial charge is 0.495 e. The molecule has 0 spiro atoms. The van der Waals surface area contributed by atoms with E-state index in [4.69, 9.17) is 10.0 Å². The zero-order valence-electron chi connectivity index (χ0n) is 6.97. The van der Waals surface area contributed by atoms with Gasteiger partial charge in [-0.15, -0.1) is 0 Å². The van der Waals surface area contributed by atoms with E-state index in [2.05, 4.69) is 6.07 Å². The smallest absolute Gasteiger partial charge is 0.423 e. The third-order valence-corrected chi connectivity index (χ3v) is 3.21. The highest BCUT2D eigenvalue weighted by Crippen LogP contribution is 2.34. The van der Waals surface area contributed by atoms with E-state index < -0.39 is 7.12 Å². The summed E-state index contributed by atoms with van der Waals surface area (Å²) in [4.78, 5) is 1.74. The standard InChI is InChI=1S/C9H9BO2S/c11-10(12)9-6-5-7-3-1-2-4-8(7)13-9/h1-4,6,11-12H,5H2. The molecule has 0 unspecified atom stereocenters. The maximum atomic E-state index is 8.97. The zero-order chi connectivity index (χ0) is 9.26. The number of allylic oxidation sites excluding steroid dienone is 1. The van der Waals surface area contributed by atoms with Gasteiger partial charge in [0.2, 0.25) is 0 Å². The molecule has 0 fully saturated rings. The lowest BCUT2D eigenvalue weighted by molar-refractivity contribution is 0.422. The van der Waals surface area contributed by atoms with E-state index in [0.717, 1.165) is 11.3 Å². The van der Waals surface area contributed by atoms with E-state index in [-0.39, 0.29) is 0 Å². The van der Waals surface area contributed by atoms with E-state index in [1.54, 1.807) is 0 Å². The molecule has 1 aliphatic heterocycles. The van der Waals surface area contributed by atoms with Crippen molar-refractivity contribution in [2.45, 2.75) is 11.3 Å². The first-order valence-corrected chi connectivity index (χ1v) is 4.91. The van der Waals surface area contributed by atoms with Gasteiger partial charge in [-0.2, -0.15) is 0 Å². The molecule has 1 heterocycles. The Kier molecular flexibility index (Phi) is 2.44. The van der Waals surface area contributed by atoms with Crippen molar-refractivity contribution in [2.24, 2.45) is 0 Å². The topological polar surface area (TPSA) is 40.5 Å². The zero-order valence-corrected chi connectivity index (χ0v) is 7.79. The van der Waals surface area contributed by atoms with Crippen LogP contribution >= 0.6 is 11.8 Å². The fourth-order valence-electron chi connectivity index (χ4n) is 1.31. The number of benzene rings is 1. The molecular weight excluding hydrogens is 183 g/mol. The number of fused-ring (bicyclic) bond motifs is 1. The van der Waals surface area contributed by atoms with Gasteiger partial charge in [0.05, 0.1) is 0 Å². The Morgan fingerprint density at radius 2 is 2.00 bits per heavy atom. The molecule has 0 radical (unpaired) electrons. The van der Waals surface area contributed by atoms with Gasteiger partial charge in [0.1, 0.15) is 0 Å². The Balaban J connectivity index is 2.28. The molecule has 1 aromatic rings. The second-order valence-electron chi connectivity index (χ2n) is 2.89. The third-order valence-electron chi connectivity index (χ3n) is 1.98. The molecule has 13 heavy (non-hydrogen) atoms. The average molecular weight is 192 g/mol. The summed E-state index contributed by atoms with van der Waals surface area (Å²) < 4.78 is 0. The van der Waals surface area contributed by atoms with Gasteiger partial charge < -0.3 is 10.0 Å². The normalized spacial score (nSPS) is 14.8. The summed E-state index contributed by atoms with van der Waals surface area (Å²) in [6.45, 7) is 0. The summed E-state index contributed by atoms with van der Waals surface area (Å²) in [5.41, 5.74) is 1.25. The van der Waals surface area contributed by atoms with Gasteiger partial charge >= 0.3 is 7.12 Å². The highest BCUT2D eigenvalue weighted by molar-refractivity contribution is 8.04. The Morgan fingerprint density at radius 1 is 1.23 bits per heavy atom. The molecule has 1 aromatic carbocycles. The first-order chi connectivity index (χ1) is 6.27. The molecule has 0 saturated heterocycles. The van der Waals surface area contributed by atoms with Gasteiger partial charge in [-0.25, -0.2) is 0 Å². The molecular formula is C9H9BO2S. The van der Waals surface area contributed by atoms with Crippen LogP contribution in [0.3, 0.4) is 0 Å². The molecule has 0 bridgehead atoms. The maximum Gasteiger partial charge on any atom is 0.495 e. The second-order valence-corrected chi connectivity index (χ2v) is 4.01. The van der Waals surface area contributed by atoms with Crippen LogP contribution in [0.2, 0.25) is 0 Å². The van der Waals surface area contributed by atoms with Crippen LogP contribution in [0, 0.1) is 0 Å². The van der Waals surface area contributed by atoms with Crippen LogP contribution in [0.4, 0.5) is 0 Å². The van der Waals surface area contributed by atoms with Crippen LogP contribution < -0.4 is 0 Å². The van der Waals surface area contributed by atoms with Crippen molar-refractivity contribution < 1.29 is 10.0 Å². The van der Waals surface area contributed by atoms with Crippen LogP contribution in [-0.2, 0) is 6.42 Å². The van der Waals surface area contributed by atoms with Gasteiger partial charge in [0.15, 0.2) is 0 Å². The van der Waals surface area contributed by atoms with Crippen molar-refractivity contribution in [3.8, 4) is 0 Å². The summed E-state index contributed by atoms with van der Waals surface area (Å²) in [5.74, 6) is 0. The summed E-state index contributed by atoms with van der Waals surface area (Å²) in [6, 6.07) is 8.00.